The molecule has 2 aromatic rings. The fraction of sp³-hybridized carbons (Fsp3) is 0.273. The molecule has 0 aliphatic carbocycles. The number of rotatable bonds is 4. The van der Waals surface area contributed by atoms with E-state index >= 15 is 0 Å². The van der Waals surface area contributed by atoms with Crippen molar-refractivity contribution < 1.29 is 9.13 Å². The van der Waals surface area contributed by atoms with Crippen molar-refractivity contribution in [2.24, 2.45) is 5.73 Å². The van der Waals surface area contributed by atoms with E-state index in [2.05, 4.69) is 10.2 Å². The van der Waals surface area contributed by atoms with E-state index in [1.807, 2.05) is 0 Å². The van der Waals surface area contributed by atoms with Crippen LogP contribution in [0.2, 0.25) is 0 Å². The summed E-state index contributed by atoms with van der Waals surface area (Å²) in [4.78, 5) is 0. The second-order valence-corrected chi connectivity index (χ2v) is 3.43. The highest BCUT2D eigenvalue weighted by molar-refractivity contribution is 5.37. The molecule has 0 spiro atoms. The zero-order valence-corrected chi connectivity index (χ0v) is 9.43. The average molecular weight is 236 g/mol. The Kier molecular flexibility index (Phi) is 3.34. The van der Waals surface area contributed by atoms with Crippen LogP contribution in [0.5, 0.6) is 6.01 Å². The molecule has 0 aliphatic rings. The molecule has 0 saturated carbocycles. The van der Waals surface area contributed by atoms with Crippen molar-refractivity contribution in [3.63, 3.8) is 0 Å². The maximum Gasteiger partial charge on any atom is 0.321 e. The number of hydrogen-bond acceptors (Lipinski definition) is 4. The molecule has 0 saturated heterocycles. The Balaban J connectivity index is 2.56. The molecule has 17 heavy (non-hydrogen) atoms. The van der Waals surface area contributed by atoms with Gasteiger partial charge in [-0.3, -0.25) is 0 Å². The lowest BCUT2D eigenvalue weighted by Crippen LogP contribution is -2.10. The van der Waals surface area contributed by atoms with Crippen LogP contribution in [0.4, 0.5) is 4.39 Å². The lowest BCUT2D eigenvalue weighted by Gasteiger charge is -2.09. The van der Waals surface area contributed by atoms with Gasteiger partial charge in [0.05, 0.1) is 12.8 Å². The summed E-state index contributed by atoms with van der Waals surface area (Å²) in [5.41, 5.74) is 5.84. The highest BCUT2D eigenvalue weighted by atomic mass is 19.1. The van der Waals surface area contributed by atoms with Gasteiger partial charge >= 0.3 is 6.01 Å². The van der Waals surface area contributed by atoms with E-state index in [4.69, 9.17) is 10.5 Å². The Morgan fingerprint density at radius 2 is 2.12 bits per heavy atom. The van der Waals surface area contributed by atoms with Crippen molar-refractivity contribution in [2.75, 3.05) is 13.7 Å². The maximum absolute atomic E-state index is 13.7. The summed E-state index contributed by atoms with van der Waals surface area (Å²) in [5, 5.41) is 7.77. The molecule has 1 aromatic heterocycles. The van der Waals surface area contributed by atoms with Crippen molar-refractivity contribution in [1.82, 2.24) is 14.8 Å². The van der Waals surface area contributed by atoms with Gasteiger partial charge in [0.25, 0.3) is 0 Å². The number of nitrogens with two attached hydrogens (primary N) is 1. The largest absolute Gasteiger partial charge is 0.467 e. The van der Waals surface area contributed by atoms with E-state index in [0.717, 1.165) is 0 Å². The number of aromatic nitrogens is 3. The highest BCUT2D eigenvalue weighted by Crippen LogP contribution is 2.20. The number of benzene rings is 1. The maximum atomic E-state index is 13.7. The first-order chi connectivity index (χ1) is 8.27. The summed E-state index contributed by atoms with van der Waals surface area (Å²) >= 11 is 0. The topological polar surface area (TPSA) is 66.0 Å². The van der Waals surface area contributed by atoms with E-state index in [1.54, 1.807) is 18.2 Å². The van der Waals surface area contributed by atoms with Gasteiger partial charge in [-0.05, 0) is 18.7 Å². The van der Waals surface area contributed by atoms with Crippen molar-refractivity contribution in [1.29, 1.82) is 0 Å². The molecule has 2 rings (SSSR count). The van der Waals surface area contributed by atoms with Crippen LogP contribution >= 0.6 is 0 Å². The average Bonchev–Trinajstić information content (AvgIpc) is 2.73. The first-order valence-electron chi connectivity index (χ1n) is 5.21. The number of methoxy groups -OCH3 is 1. The standard InChI is InChI=1S/C11H13FN4O/c1-17-11-15-14-10(6-7-13)16(11)9-5-3-2-4-8(9)12/h2-5H,6-7,13H2,1H3. The van der Waals surface area contributed by atoms with Crippen LogP contribution in [0.25, 0.3) is 5.69 Å². The van der Waals surface area contributed by atoms with Crippen LogP contribution in [0.15, 0.2) is 24.3 Å². The van der Waals surface area contributed by atoms with Crippen molar-refractivity contribution in [3.8, 4) is 11.7 Å². The van der Waals surface area contributed by atoms with Crippen LogP contribution in [0.1, 0.15) is 5.82 Å². The lowest BCUT2D eigenvalue weighted by molar-refractivity contribution is 0.369. The number of halogens is 1. The number of nitrogens with zero attached hydrogens (tertiary/aromatic N) is 3. The molecular formula is C11H13FN4O. The Morgan fingerprint density at radius 1 is 1.35 bits per heavy atom. The van der Waals surface area contributed by atoms with Crippen LogP contribution in [-0.2, 0) is 6.42 Å². The molecule has 90 valence electrons. The minimum absolute atomic E-state index is 0.249. The van der Waals surface area contributed by atoms with Crippen LogP contribution in [0.3, 0.4) is 0 Å². The first-order valence-corrected chi connectivity index (χ1v) is 5.21. The van der Waals surface area contributed by atoms with Crippen LogP contribution in [-0.4, -0.2) is 28.4 Å². The van der Waals surface area contributed by atoms with Gasteiger partial charge in [0, 0.05) is 6.42 Å². The molecule has 0 amide bonds. The first kappa shape index (κ1) is 11.5. The van der Waals surface area contributed by atoms with Crippen LogP contribution in [0, 0.1) is 5.82 Å². The van der Waals surface area contributed by atoms with Gasteiger partial charge in [-0.15, -0.1) is 5.10 Å². The predicted octanol–water partition coefficient (Wildman–Crippen LogP) is 0.916. The zero-order valence-electron chi connectivity index (χ0n) is 9.43. The Bertz CT molecular complexity index is 512. The summed E-state index contributed by atoms with van der Waals surface area (Å²) in [5.74, 6) is 0.221. The quantitative estimate of drug-likeness (QED) is 0.857. The summed E-state index contributed by atoms with van der Waals surface area (Å²) in [6.45, 7) is 0.413. The Hall–Kier alpha value is -1.95. The second-order valence-electron chi connectivity index (χ2n) is 3.43. The normalized spacial score (nSPS) is 10.5. The number of hydrogen-bond donors (Lipinski definition) is 1. The Labute approximate surface area is 98.0 Å². The van der Waals surface area contributed by atoms with Gasteiger partial charge in [0.1, 0.15) is 11.6 Å². The molecule has 0 fully saturated rings. The molecular weight excluding hydrogens is 223 g/mol. The highest BCUT2D eigenvalue weighted by Gasteiger charge is 2.16. The van der Waals surface area contributed by atoms with Gasteiger partial charge in [-0.1, -0.05) is 17.2 Å². The molecule has 1 aromatic carbocycles. The SMILES string of the molecule is COc1nnc(CCN)n1-c1ccccc1F. The van der Waals surface area contributed by atoms with Crippen molar-refractivity contribution >= 4 is 0 Å². The number of para-hydroxylation sites is 1. The molecule has 0 bridgehead atoms. The summed E-state index contributed by atoms with van der Waals surface area (Å²) in [6, 6.07) is 6.63. The van der Waals surface area contributed by atoms with Crippen LogP contribution < -0.4 is 10.5 Å². The summed E-state index contributed by atoms with van der Waals surface area (Å²) in [6.07, 6.45) is 0.505. The third-order valence-corrected chi connectivity index (χ3v) is 2.34. The van der Waals surface area contributed by atoms with Gasteiger partial charge in [-0.2, -0.15) is 0 Å². The third kappa shape index (κ3) is 2.12. The van der Waals surface area contributed by atoms with E-state index < -0.39 is 0 Å². The van der Waals surface area contributed by atoms with Gasteiger partial charge in [0.2, 0.25) is 0 Å². The van der Waals surface area contributed by atoms with Gasteiger partial charge < -0.3 is 10.5 Å². The molecule has 0 radical (unpaired) electrons. The molecule has 0 aliphatic heterocycles. The minimum Gasteiger partial charge on any atom is -0.467 e. The number of ether oxygens (including phenoxy) is 1. The minimum atomic E-state index is -0.358. The summed E-state index contributed by atoms with van der Waals surface area (Å²) < 4.78 is 20.3. The molecule has 2 N–H and O–H groups in total. The fourth-order valence-corrected chi connectivity index (χ4v) is 1.60. The van der Waals surface area contributed by atoms with Gasteiger partial charge in [0.15, 0.2) is 0 Å². The second kappa shape index (κ2) is 4.92. The van der Waals surface area contributed by atoms with E-state index in [1.165, 1.54) is 17.7 Å². The lowest BCUT2D eigenvalue weighted by atomic mass is 10.3. The molecule has 0 atom stereocenters. The Morgan fingerprint density at radius 3 is 2.76 bits per heavy atom. The molecule has 5 nitrogen and oxygen atoms in total. The predicted molar refractivity (Wildman–Crippen MR) is 60.6 cm³/mol. The van der Waals surface area contributed by atoms with Crippen molar-refractivity contribution in [2.45, 2.75) is 6.42 Å². The van der Waals surface area contributed by atoms with E-state index in [9.17, 15) is 4.39 Å². The summed E-state index contributed by atoms with van der Waals surface area (Å²) in [7, 11) is 1.47. The zero-order chi connectivity index (χ0) is 12.3. The molecule has 6 heteroatoms. The third-order valence-electron chi connectivity index (χ3n) is 2.34. The molecule has 1 heterocycles. The molecule has 0 unspecified atom stereocenters. The smallest absolute Gasteiger partial charge is 0.321 e. The monoisotopic (exact) mass is 236 g/mol. The van der Waals surface area contributed by atoms with E-state index in [0.29, 0.717) is 24.5 Å². The van der Waals surface area contributed by atoms with Crippen molar-refractivity contribution in [3.05, 3.63) is 35.9 Å². The van der Waals surface area contributed by atoms with Gasteiger partial charge in [-0.25, -0.2) is 8.96 Å². The van der Waals surface area contributed by atoms with E-state index in [-0.39, 0.29) is 11.8 Å². The fourth-order valence-electron chi connectivity index (χ4n) is 1.60.